The molecule has 0 radical (unpaired) electrons. The number of para-hydroxylation sites is 1. The number of rotatable bonds is 4. The van der Waals surface area contributed by atoms with E-state index in [1.165, 1.54) is 77.0 Å². The van der Waals surface area contributed by atoms with E-state index in [-0.39, 0.29) is 16.4 Å². The first-order chi connectivity index (χ1) is 17.7. The Morgan fingerprint density at radius 1 is 0.622 bits per heavy atom. The molecule has 4 atom stereocenters. The summed E-state index contributed by atoms with van der Waals surface area (Å²) in [6, 6.07) is 10.9. The first kappa shape index (κ1) is 23.6. The summed E-state index contributed by atoms with van der Waals surface area (Å²) in [5, 5.41) is 0. The van der Waals surface area contributed by atoms with Crippen LogP contribution in [0.1, 0.15) is 105 Å². The normalized spacial score (nSPS) is 57.1. The molecular formula is C36H50O. The molecule has 1 heteroatoms. The first-order valence-electron chi connectivity index (χ1n) is 16.1. The summed E-state index contributed by atoms with van der Waals surface area (Å²) in [5.74, 6) is 7.53. The Morgan fingerprint density at radius 3 is 1.51 bits per heavy atom. The van der Waals surface area contributed by atoms with Crippen molar-refractivity contribution in [2.45, 2.75) is 110 Å². The van der Waals surface area contributed by atoms with Crippen molar-refractivity contribution in [2.75, 3.05) is 0 Å². The van der Waals surface area contributed by atoms with Gasteiger partial charge in [-0.1, -0.05) is 45.0 Å². The Labute approximate surface area is 226 Å². The van der Waals surface area contributed by atoms with Gasteiger partial charge < -0.3 is 4.74 Å². The Morgan fingerprint density at radius 2 is 1.05 bits per heavy atom. The second-order valence-corrected chi connectivity index (χ2v) is 16.4. The summed E-state index contributed by atoms with van der Waals surface area (Å²) in [6.45, 7) is 10.8. The van der Waals surface area contributed by atoms with E-state index in [0.29, 0.717) is 16.7 Å². The lowest BCUT2D eigenvalue weighted by molar-refractivity contribution is -0.295. The molecule has 9 aliphatic rings. The maximum Gasteiger partial charge on any atom is 0.131 e. The molecular weight excluding hydrogens is 448 g/mol. The maximum absolute atomic E-state index is 7.37. The van der Waals surface area contributed by atoms with Crippen molar-refractivity contribution in [1.29, 1.82) is 0 Å². The van der Waals surface area contributed by atoms with Crippen LogP contribution in [0.5, 0.6) is 5.75 Å². The first-order valence-corrected chi connectivity index (χ1v) is 16.1. The van der Waals surface area contributed by atoms with Crippen LogP contribution >= 0.6 is 0 Å². The van der Waals surface area contributed by atoms with Crippen molar-refractivity contribution in [3.05, 3.63) is 42.5 Å². The van der Waals surface area contributed by atoms with Gasteiger partial charge in [0, 0.05) is 5.41 Å². The van der Waals surface area contributed by atoms with Crippen LogP contribution < -0.4 is 4.74 Å². The SMILES string of the molecule is CC1C=CC(C)(Oc2ccccc2)C(C)(C23CC4CC(CC(C4)C2)C3)C1(C)C12CC3CC(CC(C3)C1)C2. The highest BCUT2D eigenvalue weighted by atomic mass is 16.5. The molecule has 1 nitrogen and oxygen atoms in total. The van der Waals surface area contributed by atoms with Crippen molar-refractivity contribution < 1.29 is 4.74 Å². The summed E-state index contributed by atoms with van der Waals surface area (Å²) in [4.78, 5) is 0. The molecule has 10 rings (SSSR count). The minimum atomic E-state index is -0.287. The molecule has 0 aliphatic heterocycles. The summed E-state index contributed by atoms with van der Waals surface area (Å²) >= 11 is 0. The molecule has 1 aromatic carbocycles. The van der Waals surface area contributed by atoms with E-state index in [1.54, 1.807) is 0 Å². The number of hydrogen-bond donors (Lipinski definition) is 0. The Hall–Kier alpha value is -1.24. The number of benzene rings is 1. The third kappa shape index (κ3) is 2.88. The molecule has 37 heavy (non-hydrogen) atoms. The lowest BCUT2D eigenvalue weighted by Gasteiger charge is -2.78. The summed E-state index contributed by atoms with van der Waals surface area (Å²) in [7, 11) is 0. The van der Waals surface area contributed by atoms with Gasteiger partial charge in [-0.3, -0.25) is 0 Å². The Balaban J connectivity index is 1.34. The largest absolute Gasteiger partial charge is 0.483 e. The van der Waals surface area contributed by atoms with E-state index in [4.69, 9.17) is 4.74 Å². The van der Waals surface area contributed by atoms with Crippen LogP contribution in [-0.2, 0) is 0 Å². The minimum absolute atomic E-state index is 0.110. The predicted molar refractivity (Wildman–Crippen MR) is 151 cm³/mol. The van der Waals surface area contributed by atoms with E-state index < -0.39 is 0 Å². The van der Waals surface area contributed by atoms with Crippen molar-refractivity contribution in [3.63, 3.8) is 0 Å². The van der Waals surface area contributed by atoms with Gasteiger partial charge in [-0.25, -0.2) is 0 Å². The molecule has 0 amide bonds. The quantitative estimate of drug-likeness (QED) is 0.376. The van der Waals surface area contributed by atoms with Crippen LogP contribution in [0.3, 0.4) is 0 Å². The highest BCUT2D eigenvalue weighted by Crippen LogP contribution is 2.81. The lowest BCUT2D eigenvalue weighted by atomic mass is 9.27. The van der Waals surface area contributed by atoms with Gasteiger partial charge in [0.1, 0.15) is 11.4 Å². The number of ether oxygens (including phenoxy) is 1. The Kier molecular flexibility index (Phi) is 4.78. The van der Waals surface area contributed by atoms with Crippen LogP contribution in [-0.4, -0.2) is 5.60 Å². The van der Waals surface area contributed by atoms with Crippen molar-refractivity contribution in [2.24, 2.45) is 63.1 Å². The molecule has 4 unspecified atom stereocenters. The van der Waals surface area contributed by atoms with E-state index in [2.05, 4.69) is 70.2 Å². The highest BCUT2D eigenvalue weighted by Gasteiger charge is 2.77. The van der Waals surface area contributed by atoms with E-state index in [1.807, 2.05) is 0 Å². The number of hydrogen-bond acceptors (Lipinski definition) is 1. The fraction of sp³-hybridized carbons (Fsp3) is 0.778. The fourth-order valence-corrected chi connectivity index (χ4v) is 14.1. The standard InChI is InChI=1S/C36H50O/c1-24-10-11-32(2,37-31-8-6-5-7-9-31)34(4,36-21-28-15-29(22-36)17-30(16-28)23-36)33(24,3)35-18-25-12-26(19-35)14-27(13-25)20-35/h5-11,24-30H,12-23H2,1-4H3. The van der Waals surface area contributed by atoms with E-state index in [9.17, 15) is 0 Å². The average molecular weight is 499 g/mol. The second-order valence-electron chi connectivity index (χ2n) is 16.4. The van der Waals surface area contributed by atoms with Crippen LogP contribution in [0.15, 0.2) is 42.5 Å². The van der Waals surface area contributed by atoms with E-state index in [0.717, 1.165) is 41.3 Å². The molecule has 8 fully saturated rings. The smallest absolute Gasteiger partial charge is 0.131 e. The molecule has 8 bridgehead atoms. The minimum Gasteiger partial charge on any atom is -0.483 e. The monoisotopic (exact) mass is 498 g/mol. The van der Waals surface area contributed by atoms with Crippen LogP contribution in [0, 0.1) is 63.1 Å². The molecule has 1 aromatic rings. The van der Waals surface area contributed by atoms with E-state index >= 15 is 0 Å². The zero-order valence-corrected chi connectivity index (χ0v) is 24.0. The maximum atomic E-state index is 7.37. The summed E-state index contributed by atoms with van der Waals surface area (Å²) in [5.41, 5.74) is 0.955. The fourth-order valence-electron chi connectivity index (χ4n) is 14.1. The highest BCUT2D eigenvalue weighted by molar-refractivity contribution is 5.34. The molecule has 0 N–H and O–H groups in total. The third-order valence-corrected chi connectivity index (χ3v) is 15.0. The zero-order valence-electron chi connectivity index (χ0n) is 24.0. The molecule has 8 saturated carbocycles. The summed E-state index contributed by atoms with van der Waals surface area (Å²) in [6.07, 6.45) is 23.2. The topological polar surface area (TPSA) is 9.23 Å². The molecule has 0 spiro atoms. The van der Waals surface area contributed by atoms with Gasteiger partial charge in [-0.05, 0) is 160 Å². The van der Waals surface area contributed by atoms with Crippen molar-refractivity contribution >= 4 is 0 Å². The van der Waals surface area contributed by atoms with Gasteiger partial charge in [0.15, 0.2) is 0 Å². The molecule has 0 aromatic heterocycles. The predicted octanol–water partition coefficient (Wildman–Crippen LogP) is 9.48. The van der Waals surface area contributed by atoms with Crippen molar-refractivity contribution in [3.8, 4) is 5.75 Å². The third-order valence-electron chi connectivity index (χ3n) is 15.0. The molecule has 0 saturated heterocycles. The van der Waals surface area contributed by atoms with Gasteiger partial charge >= 0.3 is 0 Å². The van der Waals surface area contributed by atoms with Gasteiger partial charge in [-0.15, -0.1) is 0 Å². The second kappa shape index (κ2) is 7.48. The lowest BCUT2D eigenvalue weighted by Crippen LogP contribution is -2.75. The molecule has 9 aliphatic carbocycles. The van der Waals surface area contributed by atoms with Gasteiger partial charge in [-0.2, -0.15) is 0 Å². The van der Waals surface area contributed by atoms with Gasteiger partial charge in [0.2, 0.25) is 0 Å². The van der Waals surface area contributed by atoms with Gasteiger partial charge in [0.25, 0.3) is 0 Å². The van der Waals surface area contributed by atoms with Crippen LogP contribution in [0.25, 0.3) is 0 Å². The van der Waals surface area contributed by atoms with Crippen molar-refractivity contribution in [1.82, 2.24) is 0 Å². The molecule has 200 valence electrons. The van der Waals surface area contributed by atoms with Crippen LogP contribution in [0.4, 0.5) is 0 Å². The molecule has 0 heterocycles. The zero-order chi connectivity index (χ0) is 25.3. The average Bonchev–Trinajstić information content (AvgIpc) is 2.84. The van der Waals surface area contributed by atoms with Crippen LogP contribution in [0.2, 0.25) is 0 Å². The number of allylic oxidation sites excluding steroid dienone is 1. The van der Waals surface area contributed by atoms with Gasteiger partial charge in [0.05, 0.1) is 0 Å². The summed E-state index contributed by atoms with van der Waals surface area (Å²) < 4.78 is 7.37. The Bertz CT molecular complexity index is 1030.